The number of benzene rings is 1. The van der Waals surface area contributed by atoms with E-state index in [-0.39, 0.29) is 0 Å². The number of anilines is 1. The Bertz CT molecular complexity index is 344. The van der Waals surface area contributed by atoms with E-state index < -0.39 is 0 Å². The molecule has 16 heavy (non-hydrogen) atoms. The van der Waals surface area contributed by atoms with Gasteiger partial charge in [0, 0.05) is 25.0 Å². The van der Waals surface area contributed by atoms with E-state index in [1.807, 2.05) is 0 Å². The Morgan fingerprint density at radius 2 is 2.06 bits per heavy atom. The van der Waals surface area contributed by atoms with Gasteiger partial charge >= 0.3 is 0 Å². The molecule has 0 aliphatic rings. The predicted octanol–water partition coefficient (Wildman–Crippen LogP) is 2.94. The summed E-state index contributed by atoms with van der Waals surface area (Å²) >= 11 is 0. The average molecular weight is 218 g/mol. The monoisotopic (exact) mass is 218 g/mol. The third kappa shape index (κ3) is 3.38. The average Bonchev–Trinajstić information content (AvgIpc) is 2.29. The molecule has 1 aromatic carbocycles. The van der Waals surface area contributed by atoms with Crippen molar-refractivity contribution in [1.29, 1.82) is 0 Å². The van der Waals surface area contributed by atoms with Crippen LogP contribution in [-0.2, 0) is 0 Å². The highest BCUT2D eigenvalue weighted by Gasteiger charge is 2.06. The van der Waals surface area contributed by atoms with Gasteiger partial charge in [-0.15, -0.1) is 0 Å². The molecule has 2 heteroatoms. The first-order valence-corrected chi connectivity index (χ1v) is 5.84. The summed E-state index contributed by atoms with van der Waals surface area (Å²) < 4.78 is 0. The van der Waals surface area contributed by atoms with Crippen LogP contribution in [0.15, 0.2) is 36.5 Å². The Balaban J connectivity index is 2.60. The molecular weight excluding hydrogens is 196 g/mol. The van der Waals surface area contributed by atoms with Crippen molar-refractivity contribution in [2.45, 2.75) is 20.3 Å². The Morgan fingerprint density at radius 1 is 1.38 bits per heavy atom. The second-order valence-corrected chi connectivity index (χ2v) is 4.09. The fourth-order valence-corrected chi connectivity index (χ4v) is 1.64. The second kappa shape index (κ2) is 6.33. The number of likely N-dealkylation sites (N-methyl/N-ethyl adjacent to an activating group) is 1. The molecule has 0 aliphatic carbocycles. The summed E-state index contributed by atoms with van der Waals surface area (Å²) in [5, 5.41) is 3.36. The van der Waals surface area contributed by atoms with Crippen molar-refractivity contribution in [2.75, 3.05) is 25.0 Å². The van der Waals surface area contributed by atoms with Gasteiger partial charge in [0.1, 0.15) is 0 Å². The summed E-state index contributed by atoms with van der Waals surface area (Å²) in [6.07, 6.45) is 1.15. The van der Waals surface area contributed by atoms with Gasteiger partial charge in [0.15, 0.2) is 0 Å². The van der Waals surface area contributed by atoms with E-state index in [4.69, 9.17) is 0 Å². The number of hydrogen-bond acceptors (Lipinski definition) is 2. The molecular formula is C14H22N2. The fraction of sp³-hybridized carbons (Fsp3) is 0.429. The maximum atomic E-state index is 4.11. The second-order valence-electron chi connectivity index (χ2n) is 4.09. The molecule has 0 fully saturated rings. The molecule has 0 unspecified atom stereocenters. The molecule has 2 nitrogen and oxygen atoms in total. The maximum Gasteiger partial charge on any atom is 0.0435 e. The zero-order valence-corrected chi connectivity index (χ0v) is 10.6. The van der Waals surface area contributed by atoms with Gasteiger partial charge < -0.3 is 10.2 Å². The Hall–Kier alpha value is -1.28. The summed E-state index contributed by atoms with van der Waals surface area (Å²) in [5.74, 6) is 0. The minimum atomic E-state index is 0.846. The zero-order valence-electron chi connectivity index (χ0n) is 10.6. The molecule has 0 atom stereocenters. The topological polar surface area (TPSA) is 15.3 Å². The molecule has 0 bridgehead atoms. The van der Waals surface area contributed by atoms with Crippen molar-refractivity contribution in [3.8, 4) is 0 Å². The molecule has 1 aromatic rings. The lowest BCUT2D eigenvalue weighted by Gasteiger charge is -2.23. The van der Waals surface area contributed by atoms with E-state index in [0.29, 0.717) is 0 Å². The molecule has 0 aliphatic heterocycles. The van der Waals surface area contributed by atoms with E-state index in [1.54, 1.807) is 0 Å². The van der Waals surface area contributed by atoms with Crippen LogP contribution in [0, 0.1) is 6.92 Å². The molecule has 88 valence electrons. The number of aryl methyl sites for hydroxylation is 1. The third-order valence-electron chi connectivity index (χ3n) is 2.71. The quantitative estimate of drug-likeness (QED) is 0.739. The van der Waals surface area contributed by atoms with Gasteiger partial charge in [-0.1, -0.05) is 31.7 Å². The van der Waals surface area contributed by atoms with E-state index in [2.05, 4.69) is 62.0 Å². The van der Waals surface area contributed by atoms with E-state index in [0.717, 1.165) is 25.2 Å². The van der Waals surface area contributed by atoms with Crippen molar-refractivity contribution >= 4 is 5.69 Å². The lowest BCUT2D eigenvalue weighted by atomic mass is 10.2. The fourth-order valence-electron chi connectivity index (χ4n) is 1.64. The number of rotatable bonds is 6. The van der Waals surface area contributed by atoms with Crippen LogP contribution < -0.4 is 10.2 Å². The first kappa shape index (κ1) is 12.8. The van der Waals surface area contributed by atoms with Crippen molar-refractivity contribution in [2.24, 2.45) is 0 Å². The van der Waals surface area contributed by atoms with E-state index in [9.17, 15) is 0 Å². The Morgan fingerprint density at radius 3 is 2.69 bits per heavy atom. The minimum Gasteiger partial charge on any atom is -0.347 e. The molecule has 0 saturated carbocycles. The lowest BCUT2D eigenvalue weighted by molar-refractivity contribution is 0.705. The summed E-state index contributed by atoms with van der Waals surface area (Å²) in [6.45, 7) is 10.3. The van der Waals surface area contributed by atoms with Gasteiger partial charge in [0.05, 0.1) is 0 Å². The molecule has 1 rings (SSSR count). The van der Waals surface area contributed by atoms with Gasteiger partial charge in [-0.25, -0.2) is 0 Å². The molecule has 0 spiro atoms. The Kier molecular flexibility index (Phi) is 5.06. The van der Waals surface area contributed by atoms with Crippen LogP contribution in [0.25, 0.3) is 0 Å². The lowest BCUT2D eigenvalue weighted by Crippen LogP contribution is -2.27. The van der Waals surface area contributed by atoms with Gasteiger partial charge in [0.2, 0.25) is 0 Å². The smallest absolute Gasteiger partial charge is 0.0435 e. The van der Waals surface area contributed by atoms with Gasteiger partial charge in [-0.3, -0.25) is 0 Å². The molecule has 0 saturated heterocycles. The summed E-state index contributed by atoms with van der Waals surface area (Å²) in [7, 11) is 2.07. The van der Waals surface area contributed by atoms with Crippen LogP contribution in [0.1, 0.15) is 18.9 Å². The Labute approximate surface area is 99.0 Å². The van der Waals surface area contributed by atoms with Crippen LogP contribution in [0.3, 0.4) is 0 Å². The van der Waals surface area contributed by atoms with Crippen molar-refractivity contribution < 1.29 is 0 Å². The standard InChI is InChI=1S/C14H22N2/c1-5-10-15-11-13(3)16(4)14-9-7-6-8-12(14)2/h6-9,15H,3,5,10-11H2,1-2,4H3. The molecule has 0 heterocycles. The summed E-state index contributed by atoms with van der Waals surface area (Å²) in [4.78, 5) is 2.15. The summed E-state index contributed by atoms with van der Waals surface area (Å²) in [5.41, 5.74) is 3.61. The van der Waals surface area contributed by atoms with Crippen LogP contribution in [0.5, 0.6) is 0 Å². The maximum absolute atomic E-state index is 4.11. The first-order chi connectivity index (χ1) is 7.66. The molecule has 0 radical (unpaired) electrons. The number of para-hydroxylation sites is 1. The van der Waals surface area contributed by atoms with E-state index in [1.165, 1.54) is 11.3 Å². The normalized spacial score (nSPS) is 10.2. The van der Waals surface area contributed by atoms with Gasteiger partial charge in [0.25, 0.3) is 0 Å². The molecule has 0 amide bonds. The van der Waals surface area contributed by atoms with Gasteiger partial charge in [-0.2, -0.15) is 0 Å². The van der Waals surface area contributed by atoms with Crippen LogP contribution >= 0.6 is 0 Å². The largest absolute Gasteiger partial charge is 0.347 e. The highest BCUT2D eigenvalue weighted by molar-refractivity contribution is 5.56. The predicted molar refractivity (Wildman–Crippen MR) is 71.9 cm³/mol. The van der Waals surface area contributed by atoms with Crippen molar-refractivity contribution in [1.82, 2.24) is 5.32 Å². The number of nitrogens with zero attached hydrogens (tertiary/aromatic N) is 1. The highest BCUT2D eigenvalue weighted by Crippen LogP contribution is 2.20. The number of hydrogen-bond donors (Lipinski definition) is 1. The first-order valence-electron chi connectivity index (χ1n) is 5.84. The van der Waals surface area contributed by atoms with Crippen molar-refractivity contribution in [3.05, 3.63) is 42.1 Å². The highest BCUT2D eigenvalue weighted by atomic mass is 15.1. The zero-order chi connectivity index (χ0) is 12.0. The van der Waals surface area contributed by atoms with E-state index >= 15 is 0 Å². The minimum absolute atomic E-state index is 0.846. The van der Waals surface area contributed by atoms with Crippen LogP contribution in [-0.4, -0.2) is 20.1 Å². The SMILES string of the molecule is C=C(CNCCC)N(C)c1ccccc1C. The third-order valence-corrected chi connectivity index (χ3v) is 2.71. The molecule has 1 N–H and O–H groups in total. The van der Waals surface area contributed by atoms with Gasteiger partial charge in [-0.05, 0) is 31.5 Å². The van der Waals surface area contributed by atoms with Crippen molar-refractivity contribution in [3.63, 3.8) is 0 Å². The number of nitrogens with one attached hydrogen (secondary N) is 1. The van der Waals surface area contributed by atoms with Crippen LogP contribution in [0.2, 0.25) is 0 Å². The molecule has 0 aromatic heterocycles. The summed E-state index contributed by atoms with van der Waals surface area (Å²) in [6, 6.07) is 8.37. The van der Waals surface area contributed by atoms with Crippen LogP contribution in [0.4, 0.5) is 5.69 Å².